The van der Waals surface area contributed by atoms with Gasteiger partial charge in [-0.05, 0) is 6.07 Å². The number of hydrogen-bond donors (Lipinski definition) is 0. The quantitative estimate of drug-likeness (QED) is 0.632. The van der Waals surface area contributed by atoms with E-state index in [4.69, 9.17) is 5.26 Å². The van der Waals surface area contributed by atoms with Crippen LogP contribution in [0.4, 0.5) is 22.0 Å². The van der Waals surface area contributed by atoms with Crippen molar-refractivity contribution in [3.8, 4) is 17.6 Å². The van der Waals surface area contributed by atoms with Crippen molar-refractivity contribution < 1.29 is 41.0 Å². The monoisotopic (exact) mass is 311 g/mol. The molecule has 0 spiro atoms. The molecular formula is C11H6F5NO4. The van der Waals surface area contributed by atoms with E-state index in [1.165, 1.54) is 6.07 Å². The smallest absolute Gasteiger partial charge is 0.465 e. The molecule has 0 bridgehead atoms. The number of esters is 1. The van der Waals surface area contributed by atoms with Crippen molar-refractivity contribution in [1.29, 1.82) is 5.26 Å². The van der Waals surface area contributed by atoms with Crippen LogP contribution in [0, 0.1) is 11.3 Å². The third-order valence-electron chi connectivity index (χ3n) is 2.03. The van der Waals surface area contributed by atoms with Gasteiger partial charge in [0.1, 0.15) is 17.4 Å². The van der Waals surface area contributed by atoms with Gasteiger partial charge in [0.25, 0.3) is 0 Å². The number of methoxy groups -OCH3 is 1. The van der Waals surface area contributed by atoms with Crippen LogP contribution in [0.5, 0.6) is 11.5 Å². The maximum atomic E-state index is 12.3. The van der Waals surface area contributed by atoms with E-state index in [0.717, 1.165) is 7.11 Å². The Bertz CT molecular complexity index is 579. The van der Waals surface area contributed by atoms with Gasteiger partial charge in [-0.1, -0.05) is 0 Å². The number of carbonyl (C=O) groups excluding carboxylic acids is 1. The summed E-state index contributed by atoms with van der Waals surface area (Å²) in [4.78, 5) is 11.4. The summed E-state index contributed by atoms with van der Waals surface area (Å²) >= 11 is 0. The number of nitrogens with zero attached hydrogens (tertiary/aromatic N) is 1. The van der Waals surface area contributed by atoms with E-state index >= 15 is 0 Å². The van der Waals surface area contributed by atoms with Gasteiger partial charge in [-0.25, -0.2) is 4.79 Å². The normalized spacial score (nSPS) is 11.0. The number of hydrogen-bond acceptors (Lipinski definition) is 5. The molecule has 1 aromatic carbocycles. The first-order valence-corrected chi connectivity index (χ1v) is 5.05. The summed E-state index contributed by atoms with van der Waals surface area (Å²) < 4.78 is 72.8. The molecule has 1 aromatic rings. The lowest BCUT2D eigenvalue weighted by Crippen LogP contribution is -2.20. The Kier molecular flexibility index (Phi) is 4.91. The first-order chi connectivity index (χ1) is 9.67. The van der Waals surface area contributed by atoms with Crippen LogP contribution in [-0.4, -0.2) is 26.1 Å². The number of benzene rings is 1. The topological polar surface area (TPSA) is 68.5 Å². The van der Waals surface area contributed by atoms with Gasteiger partial charge >= 0.3 is 18.9 Å². The van der Waals surface area contributed by atoms with Crippen molar-refractivity contribution in [2.45, 2.75) is 13.0 Å². The van der Waals surface area contributed by atoms with Gasteiger partial charge < -0.3 is 14.2 Å². The van der Waals surface area contributed by atoms with Gasteiger partial charge in [-0.15, -0.1) is 13.2 Å². The van der Waals surface area contributed by atoms with Crippen LogP contribution in [0.25, 0.3) is 0 Å². The molecule has 21 heavy (non-hydrogen) atoms. The van der Waals surface area contributed by atoms with Gasteiger partial charge in [0, 0.05) is 6.07 Å². The summed E-state index contributed by atoms with van der Waals surface area (Å²) in [6.45, 7) is -3.29. The highest BCUT2D eigenvalue weighted by Gasteiger charge is 2.35. The lowest BCUT2D eigenvalue weighted by Gasteiger charge is -2.15. The van der Waals surface area contributed by atoms with E-state index in [0.29, 0.717) is 12.1 Å². The molecule has 0 radical (unpaired) electrons. The van der Waals surface area contributed by atoms with Crippen molar-refractivity contribution in [3.05, 3.63) is 23.3 Å². The average molecular weight is 311 g/mol. The molecule has 1 rings (SSSR count). The zero-order chi connectivity index (χ0) is 16.2. The third-order valence-corrected chi connectivity index (χ3v) is 2.03. The first kappa shape index (κ1) is 16.5. The van der Waals surface area contributed by atoms with Crippen LogP contribution in [-0.2, 0) is 4.74 Å². The second-order valence-corrected chi connectivity index (χ2v) is 3.38. The summed E-state index contributed by atoms with van der Waals surface area (Å²) in [5, 5.41) is 8.76. The van der Waals surface area contributed by atoms with Crippen molar-refractivity contribution in [2.24, 2.45) is 0 Å². The number of nitriles is 1. The maximum absolute atomic E-state index is 12.3. The maximum Gasteiger partial charge on any atom is 0.573 e. The largest absolute Gasteiger partial charge is 0.573 e. The van der Waals surface area contributed by atoms with Crippen LogP contribution in [0.1, 0.15) is 15.9 Å². The van der Waals surface area contributed by atoms with E-state index in [1.807, 2.05) is 0 Å². The van der Waals surface area contributed by atoms with E-state index in [1.54, 1.807) is 0 Å². The summed E-state index contributed by atoms with van der Waals surface area (Å²) in [7, 11) is 0.854. The number of alkyl halides is 5. The molecule has 0 N–H and O–H groups in total. The Labute approximate surface area is 114 Å². The molecule has 10 heteroatoms. The predicted molar refractivity (Wildman–Crippen MR) is 55.8 cm³/mol. The van der Waals surface area contributed by atoms with E-state index < -0.39 is 41.6 Å². The Hall–Kier alpha value is -2.57. The molecule has 0 aromatic heterocycles. The lowest BCUT2D eigenvalue weighted by atomic mass is 10.1. The summed E-state index contributed by atoms with van der Waals surface area (Å²) in [6, 6.07) is 2.43. The second kappa shape index (κ2) is 6.25. The minimum absolute atomic E-state index is 0.555. The average Bonchev–Trinajstić information content (AvgIpc) is 2.36. The Morgan fingerprint density at radius 3 is 2.38 bits per heavy atom. The molecule has 0 aliphatic heterocycles. The zero-order valence-corrected chi connectivity index (χ0v) is 10.2. The molecule has 0 atom stereocenters. The highest BCUT2D eigenvalue weighted by Crippen LogP contribution is 2.34. The highest BCUT2D eigenvalue weighted by atomic mass is 19.4. The van der Waals surface area contributed by atoms with E-state index in [9.17, 15) is 26.7 Å². The molecule has 0 heterocycles. The van der Waals surface area contributed by atoms with Gasteiger partial charge in [0.05, 0.1) is 12.7 Å². The van der Waals surface area contributed by atoms with Gasteiger partial charge in [-0.2, -0.15) is 14.0 Å². The zero-order valence-electron chi connectivity index (χ0n) is 10.2. The molecule has 114 valence electrons. The molecular weight excluding hydrogens is 305 g/mol. The predicted octanol–water partition coefficient (Wildman–Crippen LogP) is 2.84. The molecule has 5 nitrogen and oxygen atoms in total. The molecule has 0 fully saturated rings. The Morgan fingerprint density at radius 2 is 1.95 bits per heavy atom. The SMILES string of the molecule is COC(=O)c1cc(OC(F)F)cc(C#N)c1OC(F)(F)F. The molecule has 0 saturated carbocycles. The molecule has 0 aliphatic carbocycles. The summed E-state index contributed by atoms with van der Waals surface area (Å²) in [5.41, 5.74) is -1.68. The van der Waals surface area contributed by atoms with Crippen LogP contribution >= 0.6 is 0 Å². The van der Waals surface area contributed by atoms with Crippen molar-refractivity contribution in [2.75, 3.05) is 7.11 Å². The van der Waals surface area contributed by atoms with Crippen molar-refractivity contribution in [3.63, 3.8) is 0 Å². The number of carbonyl (C=O) groups is 1. The summed E-state index contributed by atoms with van der Waals surface area (Å²) in [5.74, 6) is -3.15. The minimum atomic E-state index is -5.19. The Morgan fingerprint density at radius 1 is 1.33 bits per heavy atom. The number of ether oxygens (including phenoxy) is 3. The fraction of sp³-hybridized carbons (Fsp3) is 0.273. The fourth-order valence-corrected chi connectivity index (χ4v) is 1.34. The second-order valence-electron chi connectivity index (χ2n) is 3.38. The number of rotatable bonds is 4. The molecule has 0 aliphatic rings. The van der Waals surface area contributed by atoms with Gasteiger partial charge in [0.2, 0.25) is 0 Å². The van der Waals surface area contributed by atoms with Crippen LogP contribution in [0.2, 0.25) is 0 Å². The van der Waals surface area contributed by atoms with Crippen molar-refractivity contribution in [1.82, 2.24) is 0 Å². The summed E-state index contributed by atoms with van der Waals surface area (Å²) in [6.07, 6.45) is -5.19. The Balaban J connectivity index is 3.45. The minimum Gasteiger partial charge on any atom is -0.465 e. The fourth-order valence-electron chi connectivity index (χ4n) is 1.34. The van der Waals surface area contributed by atoms with Gasteiger partial charge in [0.15, 0.2) is 5.75 Å². The molecule has 0 amide bonds. The van der Waals surface area contributed by atoms with Crippen LogP contribution < -0.4 is 9.47 Å². The van der Waals surface area contributed by atoms with Gasteiger partial charge in [-0.3, -0.25) is 0 Å². The van der Waals surface area contributed by atoms with E-state index in [2.05, 4.69) is 14.2 Å². The first-order valence-electron chi connectivity index (χ1n) is 5.05. The third kappa shape index (κ3) is 4.48. The highest BCUT2D eigenvalue weighted by molar-refractivity contribution is 5.94. The molecule has 0 unspecified atom stereocenters. The van der Waals surface area contributed by atoms with Crippen molar-refractivity contribution >= 4 is 5.97 Å². The van der Waals surface area contributed by atoms with Crippen LogP contribution in [0.3, 0.4) is 0 Å². The lowest BCUT2D eigenvalue weighted by molar-refractivity contribution is -0.274. The number of halogens is 5. The van der Waals surface area contributed by atoms with E-state index in [-0.39, 0.29) is 0 Å². The standard InChI is InChI=1S/C11H6F5NO4/c1-19-9(18)7-3-6(20-10(12)13)2-5(4-17)8(7)21-11(14,15)16/h2-3,10H,1H3. The molecule has 0 saturated heterocycles. The van der Waals surface area contributed by atoms with Crippen LogP contribution in [0.15, 0.2) is 12.1 Å².